The molecule has 0 spiro atoms. The second kappa shape index (κ2) is 5.05. The second-order valence-electron chi connectivity index (χ2n) is 4.60. The van der Waals surface area contributed by atoms with Gasteiger partial charge in [0.2, 0.25) is 5.91 Å². The molecule has 2 heterocycles. The number of hydrogen-bond donors (Lipinski definition) is 2. The Balaban J connectivity index is 2.05. The van der Waals surface area contributed by atoms with Crippen LogP contribution in [0.15, 0.2) is 29.1 Å². The molecule has 0 saturated carbocycles. The van der Waals surface area contributed by atoms with Crippen molar-refractivity contribution in [1.82, 2.24) is 15.0 Å². The molecule has 20 heavy (non-hydrogen) atoms. The standard InChI is InChI=1S/C14H14N4OS/c1-2-9(13(15)19)8-3-4-10-11(5-8)18-14(17-10)12-6-20-7-16-12/h3-7,9H,2H2,1H3,(H2,15,19)(H,17,18). The Bertz CT molecular complexity index is 748. The number of H-pyrrole nitrogens is 1. The van der Waals surface area contributed by atoms with Crippen LogP contribution >= 0.6 is 11.3 Å². The van der Waals surface area contributed by atoms with Crippen LogP contribution in [-0.2, 0) is 4.79 Å². The summed E-state index contributed by atoms with van der Waals surface area (Å²) in [6.07, 6.45) is 0.688. The van der Waals surface area contributed by atoms with E-state index < -0.39 is 0 Å². The van der Waals surface area contributed by atoms with E-state index in [0.717, 1.165) is 28.1 Å². The van der Waals surface area contributed by atoms with Crippen molar-refractivity contribution in [3.63, 3.8) is 0 Å². The first kappa shape index (κ1) is 12.8. The number of imidazole rings is 1. The summed E-state index contributed by atoms with van der Waals surface area (Å²) in [6, 6.07) is 5.76. The number of nitrogens with one attached hydrogen (secondary N) is 1. The fourth-order valence-electron chi connectivity index (χ4n) is 2.30. The maximum absolute atomic E-state index is 11.4. The third-order valence-corrected chi connectivity index (χ3v) is 3.92. The largest absolute Gasteiger partial charge is 0.369 e. The van der Waals surface area contributed by atoms with Crippen LogP contribution in [0.4, 0.5) is 0 Å². The molecule has 0 aliphatic rings. The van der Waals surface area contributed by atoms with E-state index in [1.165, 1.54) is 11.3 Å². The van der Waals surface area contributed by atoms with Gasteiger partial charge in [-0.25, -0.2) is 9.97 Å². The van der Waals surface area contributed by atoms with Crippen LogP contribution in [-0.4, -0.2) is 20.9 Å². The van der Waals surface area contributed by atoms with Crippen LogP contribution in [0.2, 0.25) is 0 Å². The van der Waals surface area contributed by atoms with Gasteiger partial charge in [-0.1, -0.05) is 13.0 Å². The van der Waals surface area contributed by atoms with Crippen molar-refractivity contribution in [2.75, 3.05) is 0 Å². The van der Waals surface area contributed by atoms with Gasteiger partial charge in [-0.3, -0.25) is 4.79 Å². The summed E-state index contributed by atoms with van der Waals surface area (Å²) >= 11 is 1.53. The van der Waals surface area contributed by atoms with Crippen LogP contribution in [0.25, 0.3) is 22.6 Å². The zero-order valence-corrected chi connectivity index (χ0v) is 11.8. The van der Waals surface area contributed by atoms with Crippen molar-refractivity contribution < 1.29 is 4.79 Å². The first-order valence-corrected chi connectivity index (χ1v) is 7.31. The monoisotopic (exact) mass is 286 g/mol. The number of hydrogen-bond acceptors (Lipinski definition) is 4. The molecular weight excluding hydrogens is 272 g/mol. The van der Waals surface area contributed by atoms with Gasteiger partial charge in [-0.15, -0.1) is 11.3 Å². The normalized spacial score (nSPS) is 12.7. The summed E-state index contributed by atoms with van der Waals surface area (Å²) in [4.78, 5) is 23.4. The SMILES string of the molecule is CCC(C(N)=O)c1ccc2nc(-c3cscn3)[nH]c2c1. The van der Waals surface area contributed by atoms with Crippen molar-refractivity contribution in [2.45, 2.75) is 19.3 Å². The average Bonchev–Trinajstić information content (AvgIpc) is 3.07. The molecule has 0 aliphatic heterocycles. The van der Waals surface area contributed by atoms with Crippen molar-refractivity contribution in [3.8, 4) is 11.5 Å². The number of rotatable bonds is 4. The van der Waals surface area contributed by atoms with Gasteiger partial charge in [0, 0.05) is 5.38 Å². The smallest absolute Gasteiger partial charge is 0.224 e. The Morgan fingerprint density at radius 1 is 1.50 bits per heavy atom. The van der Waals surface area contributed by atoms with E-state index in [-0.39, 0.29) is 11.8 Å². The molecule has 3 aromatic rings. The van der Waals surface area contributed by atoms with Crippen LogP contribution < -0.4 is 5.73 Å². The zero-order chi connectivity index (χ0) is 14.1. The summed E-state index contributed by atoms with van der Waals surface area (Å²) in [6.45, 7) is 1.95. The van der Waals surface area contributed by atoms with Gasteiger partial charge in [0.05, 0.1) is 22.5 Å². The van der Waals surface area contributed by atoms with Crippen molar-refractivity contribution in [1.29, 1.82) is 0 Å². The molecule has 0 radical (unpaired) electrons. The predicted octanol–water partition coefficient (Wildman–Crippen LogP) is 2.67. The van der Waals surface area contributed by atoms with Crippen LogP contribution in [0.1, 0.15) is 24.8 Å². The van der Waals surface area contributed by atoms with Crippen LogP contribution in [0.3, 0.4) is 0 Å². The number of carbonyl (C=O) groups excluding carboxylic acids is 1. The molecule has 1 unspecified atom stereocenters. The number of fused-ring (bicyclic) bond motifs is 1. The summed E-state index contributed by atoms with van der Waals surface area (Å²) in [7, 11) is 0. The van der Waals surface area contributed by atoms with E-state index in [1.807, 2.05) is 30.5 Å². The molecule has 102 valence electrons. The van der Waals surface area contributed by atoms with Gasteiger partial charge in [-0.2, -0.15) is 0 Å². The number of amides is 1. The van der Waals surface area contributed by atoms with E-state index in [0.29, 0.717) is 6.42 Å². The molecule has 3 N–H and O–H groups in total. The predicted molar refractivity (Wildman–Crippen MR) is 79.4 cm³/mol. The first-order valence-electron chi connectivity index (χ1n) is 6.36. The van der Waals surface area contributed by atoms with Gasteiger partial charge < -0.3 is 10.7 Å². The van der Waals surface area contributed by atoms with E-state index >= 15 is 0 Å². The number of carbonyl (C=O) groups is 1. The Labute approximate surface area is 119 Å². The topological polar surface area (TPSA) is 84.7 Å². The molecule has 0 bridgehead atoms. The maximum Gasteiger partial charge on any atom is 0.224 e. The van der Waals surface area contributed by atoms with Crippen molar-refractivity contribution >= 4 is 28.3 Å². The van der Waals surface area contributed by atoms with Gasteiger partial charge in [0.1, 0.15) is 5.69 Å². The van der Waals surface area contributed by atoms with Gasteiger partial charge in [0.25, 0.3) is 0 Å². The molecule has 2 aromatic heterocycles. The Kier molecular flexibility index (Phi) is 3.23. The molecule has 1 amide bonds. The summed E-state index contributed by atoms with van der Waals surface area (Å²) in [5, 5.41) is 1.94. The minimum absolute atomic E-state index is 0.259. The number of benzene rings is 1. The number of thiazole rings is 1. The Morgan fingerprint density at radius 2 is 2.35 bits per heavy atom. The summed E-state index contributed by atoms with van der Waals surface area (Å²) in [5.41, 5.74) is 10.7. The number of aromatic nitrogens is 3. The van der Waals surface area contributed by atoms with Gasteiger partial charge in [0.15, 0.2) is 5.82 Å². The minimum atomic E-state index is -0.300. The number of nitrogens with two attached hydrogens (primary N) is 1. The first-order chi connectivity index (χ1) is 9.69. The highest BCUT2D eigenvalue weighted by molar-refractivity contribution is 7.07. The van der Waals surface area contributed by atoms with E-state index in [4.69, 9.17) is 5.73 Å². The molecule has 0 aliphatic carbocycles. The van der Waals surface area contributed by atoms with Gasteiger partial charge in [-0.05, 0) is 24.1 Å². The number of primary amides is 1. The number of aromatic amines is 1. The van der Waals surface area contributed by atoms with Crippen LogP contribution in [0.5, 0.6) is 0 Å². The molecule has 3 rings (SSSR count). The Morgan fingerprint density at radius 3 is 3.00 bits per heavy atom. The lowest BCUT2D eigenvalue weighted by Gasteiger charge is -2.10. The molecule has 6 heteroatoms. The molecule has 1 atom stereocenters. The highest BCUT2D eigenvalue weighted by Gasteiger charge is 2.16. The van der Waals surface area contributed by atoms with E-state index in [9.17, 15) is 4.79 Å². The molecule has 1 aromatic carbocycles. The minimum Gasteiger partial charge on any atom is -0.369 e. The molecule has 5 nitrogen and oxygen atoms in total. The van der Waals surface area contributed by atoms with Crippen molar-refractivity contribution in [2.24, 2.45) is 5.73 Å². The number of nitrogens with zero attached hydrogens (tertiary/aromatic N) is 2. The second-order valence-corrected chi connectivity index (χ2v) is 5.32. The van der Waals surface area contributed by atoms with Gasteiger partial charge >= 0.3 is 0 Å². The Hall–Kier alpha value is -2.21. The fraction of sp³-hybridized carbons (Fsp3) is 0.214. The lowest BCUT2D eigenvalue weighted by Crippen LogP contribution is -2.20. The summed E-state index contributed by atoms with van der Waals surface area (Å²) < 4.78 is 0. The maximum atomic E-state index is 11.4. The molecule has 0 saturated heterocycles. The quantitative estimate of drug-likeness (QED) is 0.773. The summed E-state index contributed by atoms with van der Waals surface area (Å²) in [5.74, 6) is 0.182. The third-order valence-electron chi connectivity index (χ3n) is 3.33. The highest BCUT2D eigenvalue weighted by atomic mass is 32.1. The van der Waals surface area contributed by atoms with E-state index in [1.54, 1.807) is 5.51 Å². The molecular formula is C14H14N4OS. The van der Waals surface area contributed by atoms with Crippen LogP contribution in [0, 0.1) is 0 Å². The average molecular weight is 286 g/mol. The van der Waals surface area contributed by atoms with Crippen molar-refractivity contribution in [3.05, 3.63) is 34.7 Å². The molecule has 0 fully saturated rings. The lowest BCUT2D eigenvalue weighted by molar-refractivity contribution is -0.119. The highest BCUT2D eigenvalue weighted by Crippen LogP contribution is 2.25. The van der Waals surface area contributed by atoms with E-state index in [2.05, 4.69) is 15.0 Å². The lowest BCUT2D eigenvalue weighted by atomic mass is 9.95. The zero-order valence-electron chi connectivity index (χ0n) is 11.0. The third kappa shape index (κ3) is 2.18. The fourth-order valence-corrected chi connectivity index (χ4v) is 2.83.